The second kappa shape index (κ2) is 5.30. The van der Waals surface area contributed by atoms with Gasteiger partial charge in [0.1, 0.15) is 5.82 Å². The highest BCUT2D eigenvalue weighted by molar-refractivity contribution is 7.13. The fraction of sp³-hybridized carbons (Fsp3) is 0.462. The quantitative estimate of drug-likeness (QED) is 0.763. The molecule has 0 aliphatic carbocycles. The molecule has 2 heterocycles. The van der Waals surface area contributed by atoms with Crippen molar-refractivity contribution in [2.75, 3.05) is 0 Å². The first-order valence-electron chi connectivity index (χ1n) is 5.82. The van der Waals surface area contributed by atoms with Crippen molar-refractivity contribution in [1.29, 1.82) is 0 Å². The minimum Gasteiger partial charge on any atom is -0.330 e. The smallest absolute Gasteiger partial charge is 0.149 e. The van der Waals surface area contributed by atoms with Crippen LogP contribution in [-0.2, 0) is 6.54 Å². The summed E-state index contributed by atoms with van der Waals surface area (Å²) < 4.78 is 2.26. The van der Waals surface area contributed by atoms with Gasteiger partial charge in [-0.2, -0.15) is 0 Å². The standard InChI is InChI=1S/C13H18N2S/c1-11(2)5-3-8-15-9-7-14-13(15)12-6-4-10-16-12/h4,6-7,9-11H,3,5,8H2,1-2H3. The van der Waals surface area contributed by atoms with Crippen molar-refractivity contribution in [2.45, 2.75) is 33.2 Å². The van der Waals surface area contributed by atoms with Crippen LogP contribution in [0.25, 0.3) is 10.7 Å². The Bertz CT molecular complexity index is 415. The number of thiophene rings is 1. The lowest BCUT2D eigenvalue weighted by Crippen LogP contribution is -2.00. The Kier molecular flexibility index (Phi) is 3.78. The van der Waals surface area contributed by atoms with Crippen LogP contribution in [-0.4, -0.2) is 9.55 Å². The first-order valence-corrected chi connectivity index (χ1v) is 6.70. The van der Waals surface area contributed by atoms with Crippen LogP contribution in [0.15, 0.2) is 29.9 Å². The minimum atomic E-state index is 0.786. The van der Waals surface area contributed by atoms with Gasteiger partial charge in [-0.05, 0) is 30.2 Å². The van der Waals surface area contributed by atoms with Crippen molar-refractivity contribution in [1.82, 2.24) is 9.55 Å². The third-order valence-electron chi connectivity index (χ3n) is 2.64. The van der Waals surface area contributed by atoms with Gasteiger partial charge in [0, 0.05) is 18.9 Å². The highest BCUT2D eigenvalue weighted by Crippen LogP contribution is 2.23. The normalized spacial score (nSPS) is 11.2. The lowest BCUT2D eigenvalue weighted by molar-refractivity contribution is 0.514. The number of aryl methyl sites for hydroxylation is 1. The first kappa shape index (κ1) is 11.4. The van der Waals surface area contributed by atoms with E-state index in [4.69, 9.17) is 0 Å². The second-order valence-corrected chi connectivity index (χ2v) is 5.41. The SMILES string of the molecule is CC(C)CCCn1ccnc1-c1cccs1. The number of imidazole rings is 1. The Morgan fingerprint density at radius 2 is 2.31 bits per heavy atom. The summed E-state index contributed by atoms with van der Waals surface area (Å²) in [6, 6.07) is 4.21. The molecule has 16 heavy (non-hydrogen) atoms. The molecule has 2 rings (SSSR count). The number of nitrogens with zero attached hydrogens (tertiary/aromatic N) is 2. The molecule has 0 amide bonds. The highest BCUT2D eigenvalue weighted by atomic mass is 32.1. The van der Waals surface area contributed by atoms with Gasteiger partial charge in [-0.25, -0.2) is 4.98 Å². The van der Waals surface area contributed by atoms with Crippen LogP contribution in [0.2, 0.25) is 0 Å². The largest absolute Gasteiger partial charge is 0.330 e. The van der Waals surface area contributed by atoms with E-state index in [0.717, 1.165) is 18.3 Å². The van der Waals surface area contributed by atoms with E-state index in [1.807, 2.05) is 6.20 Å². The minimum absolute atomic E-state index is 0.786. The molecule has 2 aromatic rings. The van der Waals surface area contributed by atoms with Gasteiger partial charge in [0.05, 0.1) is 4.88 Å². The van der Waals surface area contributed by atoms with Crippen molar-refractivity contribution in [3.8, 4) is 10.7 Å². The van der Waals surface area contributed by atoms with Crippen molar-refractivity contribution in [3.05, 3.63) is 29.9 Å². The third kappa shape index (κ3) is 2.73. The average molecular weight is 234 g/mol. The van der Waals surface area contributed by atoms with Gasteiger partial charge in [0.25, 0.3) is 0 Å². The van der Waals surface area contributed by atoms with Crippen LogP contribution in [0.5, 0.6) is 0 Å². The Balaban J connectivity index is 2.03. The summed E-state index contributed by atoms with van der Waals surface area (Å²) in [5.74, 6) is 1.90. The maximum atomic E-state index is 4.43. The summed E-state index contributed by atoms with van der Waals surface area (Å²) in [6.45, 7) is 5.62. The van der Waals surface area contributed by atoms with Crippen LogP contribution < -0.4 is 0 Å². The van der Waals surface area contributed by atoms with Gasteiger partial charge in [-0.1, -0.05) is 19.9 Å². The lowest BCUT2D eigenvalue weighted by Gasteiger charge is -2.07. The van der Waals surface area contributed by atoms with Gasteiger partial charge in [0.15, 0.2) is 0 Å². The van der Waals surface area contributed by atoms with Crippen molar-refractivity contribution in [3.63, 3.8) is 0 Å². The predicted octanol–water partition coefficient (Wildman–Crippen LogP) is 4.05. The van der Waals surface area contributed by atoms with Crippen molar-refractivity contribution < 1.29 is 0 Å². The molecule has 0 radical (unpaired) electrons. The van der Waals surface area contributed by atoms with E-state index in [2.05, 4.69) is 47.1 Å². The van der Waals surface area contributed by atoms with Crippen LogP contribution in [0.4, 0.5) is 0 Å². The first-order chi connectivity index (χ1) is 7.77. The fourth-order valence-electron chi connectivity index (χ4n) is 1.79. The van der Waals surface area contributed by atoms with Gasteiger partial charge < -0.3 is 4.57 Å². The van der Waals surface area contributed by atoms with Crippen LogP contribution in [0, 0.1) is 5.92 Å². The molecule has 0 unspecified atom stereocenters. The van der Waals surface area contributed by atoms with Gasteiger partial charge >= 0.3 is 0 Å². The van der Waals surface area contributed by atoms with E-state index in [1.54, 1.807) is 11.3 Å². The lowest BCUT2D eigenvalue weighted by atomic mass is 10.1. The molecule has 0 fully saturated rings. The van der Waals surface area contributed by atoms with E-state index in [1.165, 1.54) is 17.7 Å². The summed E-state index contributed by atoms with van der Waals surface area (Å²) in [5, 5.41) is 2.10. The van der Waals surface area contributed by atoms with Crippen LogP contribution in [0.1, 0.15) is 26.7 Å². The molecular formula is C13H18N2S. The fourth-order valence-corrected chi connectivity index (χ4v) is 2.53. The maximum absolute atomic E-state index is 4.43. The van der Waals surface area contributed by atoms with Crippen molar-refractivity contribution in [2.24, 2.45) is 5.92 Å². The Morgan fingerprint density at radius 1 is 1.44 bits per heavy atom. The molecule has 0 aromatic carbocycles. The Hall–Kier alpha value is -1.09. The van der Waals surface area contributed by atoms with E-state index in [0.29, 0.717) is 0 Å². The van der Waals surface area contributed by atoms with Gasteiger partial charge in [-0.15, -0.1) is 11.3 Å². The molecule has 0 spiro atoms. The number of hydrogen-bond acceptors (Lipinski definition) is 2. The van der Waals surface area contributed by atoms with Crippen molar-refractivity contribution >= 4 is 11.3 Å². The topological polar surface area (TPSA) is 17.8 Å². The summed E-state index contributed by atoms with van der Waals surface area (Å²) in [6.07, 6.45) is 6.48. The highest BCUT2D eigenvalue weighted by Gasteiger charge is 2.06. The number of hydrogen-bond donors (Lipinski definition) is 0. The van der Waals surface area contributed by atoms with Crippen LogP contribution >= 0.6 is 11.3 Å². The molecule has 0 saturated carbocycles. The van der Waals surface area contributed by atoms with E-state index < -0.39 is 0 Å². The zero-order valence-electron chi connectivity index (χ0n) is 9.89. The average Bonchev–Trinajstić information content (AvgIpc) is 2.84. The summed E-state index contributed by atoms with van der Waals surface area (Å²) >= 11 is 1.75. The second-order valence-electron chi connectivity index (χ2n) is 4.46. The van der Waals surface area contributed by atoms with Gasteiger partial charge in [0.2, 0.25) is 0 Å². The monoisotopic (exact) mass is 234 g/mol. The van der Waals surface area contributed by atoms with Crippen LogP contribution in [0.3, 0.4) is 0 Å². The summed E-state index contributed by atoms with van der Waals surface area (Å²) in [7, 11) is 0. The van der Waals surface area contributed by atoms with E-state index in [-0.39, 0.29) is 0 Å². The summed E-state index contributed by atoms with van der Waals surface area (Å²) in [4.78, 5) is 5.69. The number of rotatable bonds is 5. The summed E-state index contributed by atoms with van der Waals surface area (Å²) in [5.41, 5.74) is 0. The Labute approximate surface area is 101 Å². The Morgan fingerprint density at radius 3 is 3.00 bits per heavy atom. The maximum Gasteiger partial charge on any atom is 0.149 e. The molecule has 86 valence electrons. The zero-order valence-corrected chi connectivity index (χ0v) is 10.7. The molecule has 0 aliphatic rings. The van der Waals surface area contributed by atoms with E-state index >= 15 is 0 Å². The van der Waals surface area contributed by atoms with Gasteiger partial charge in [-0.3, -0.25) is 0 Å². The molecule has 0 atom stereocenters. The van der Waals surface area contributed by atoms with E-state index in [9.17, 15) is 0 Å². The molecule has 0 aliphatic heterocycles. The molecule has 2 aromatic heterocycles. The molecule has 0 N–H and O–H groups in total. The third-order valence-corrected chi connectivity index (χ3v) is 3.50. The zero-order chi connectivity index (χ0) is 11.4. The molecule has 0 bridgehead atoms. The molecule has 3 heteroatoms. The molecule has 2 nitrogen and oxygen atoms in total. The molecule has 0 saturated heterocycles. The predicted molar refractivity (Wildman–Crippen MR) is 69.6 cm³/mol. The molecular weight excluding hydrogens is 216 g/mol. The number of aromatic nitrogens is 2.